The summed E-state index contributed by atoms with van der Waals surface area (Å²) in [5, 5.41) is 16.4. The van der Waals surface area contributed by atoms with Gasteiger partial charge in [0, 0.05) is 31.4 Å². The zero-order valence-electron chi connectivity index (χ0n) is 13.2. The van der Waals surface area contributed by atoms with E-state index in [4.69, 9.17) is 4.99 Å². The number of nitrogens with one attached hydrogen (secondary N) is 1. The predicted molar refractivity (Wildman–Crippen MR) is 87.6 cm³/mol. The molecule has 118 valence electrons. The van der Waals surface area contributed by atoms with Gasteiger partial charge in [0.05, 0.1) is 23.4 Å². The molecule has 1 aliphatic rings. The molecule has 6 heteroatoms. The van der Waals surface area contributed by atoms with Gasteiger partial charge in [-0.1, -0.05) is 6.42 Å². The van der Waals surface area contributed by atoms with Crippen molar-refractivity contribution >= 4 is 17.3 Å². The number of hydrogen-bond acceptors (Lipinski definition) is 4. The second-order valence-corrected chi connectivity index (χ2v) is 6.73. The summed E-state index contributed by atoms with van der Waals surface area (Å²) in [5.74, 6) is 1.20. The van der Waals surface area contributed by atoms with Crippen molar-refractivity contribution in [1.29, 1.82) is 0 Å². The molecule has 1 aromatic heterocycles. The van der Waals surface area contributed by atoms with Gasteiger partial charge in [-0.3, -0.25) is 4.99 Å². The fourth-order valence-electron chi connectivity index (χ4n) is 2.70. The van der Waals surface area contributed by atoms with Gasteiger partial charge in [-0.2, -0.15) is 0 Å². The first-order valence-electron chi connectivity index (χ1n) is 7.68. The van der Waals surface area contributed by atoms with Crippen LogP contribution in [0.15, 0.2) is 10.4 Å². The highest BCUT2D eigenvalue weighted by atomic mass is 32.1. The van der Waals surface area contributed by atoms with E-state index in [1.807, 2.05) is 14.0 Å². The van der Waals surface area contributed by atoms with Crippen LogP contribution in [0.1, 0.15) is 36.9 Å². The van der Waals surface area contributed by atoms with E-state index in [9.17, 15) is 5.11 Å². The third-order valence-electron chi connectivity index (χ3n) is 3.86. The lowest BCUT2D eigenvalue weighted by atomic mass is 10.1. The zero-order valence-corrected chi connectivity index (χ0v) is 14.0. The van der Waals surface area contributed by atoms with Crippen LogP contribution in [0.2, 0.25) is 0 Å². The molecule has 0 aromatic carbocycles. The summed E-state index contributed by atoms with van der Waals surface area (Å²) in [6, 6.07) is 0. The Labute approximate surface area is 131 Å². The Morgan fingerprint density at radius 3 is 2.95 bits per heavy atom. The van der Waals surface area contributed by atoms with Crippen LogP contribution in [-0.2, 0) is 6.54 Å². The molecule has 0 aliphatic heterocycles. The summed E-state index contributed by atoms with van der Waals surface area (Å²) >= 11 is 1.67. The average Bonchev–Trinajstić information content (AvgIpc) is 3.03. The number of aliphatic hydroxyl groups excluding tert-OH is 1. The van der Waals surface area contributed by atoms with E-state index in [-0.39, 0.29) is 6.10 Å². The summed E-state index contributed by atoms with van der Waals surface area (Å²) in [6.45, 7) is 6.38. The number of hydrogen-bond donors (Lipinski definition) is 2. The first kappa shape index (κ1) is 16.2. The molecule has 0 bridgehead atoms. The summed E-state index contributed by atoms with van der Waals surface area (Å²) in [6.07, 6.45) is 2.94. The molecule has 0 saturated heterocycles. The monoisotopic (exact) mass is 310 g/mol. The molecule has 2 unspecified atom stereocenters. The van der Waals surface area contributed by atoms with Gasteiger partial charge in [-0.25, -0.2) is 4.98 Å². The fraction of sp³-hybridized carbons (Fsp3) is 0.733. The van der Waals surface area contributed by atoms with Gasteiger partial charge in [0.25, 0.3) is 0 Å². The Morgan fingerprint density at radius 1 is 1.57 bits per heavy atom. The molecule has 0 spiro atoms. The average molecular weight is 310 g/mol. The Hall–Kier alpha value is -1.14. The molecule has 1 aromatic rings. The third kappa shape index (κ3) is 4.68. The maximum absolute atomic E-state index is 9.90. The minimum atomic E-state index is -0.178. The molecular weight excluding hydrogens is 284 g/mol. The smallest absolute Gasteiger partial charge is 0.194 e. The summed E-state index contributed by atoms with van der Waals surface area (Å²) < 4.78 is 0. The van der Waals surface area contributed by atoms with Crippen molar-refractivity contribution < 1.29 is 5.11 Å². The lowest BCUT2D eigenvalue weighted by molar-refractivity contribution is 0.136. The molecule has 21 heavy (non-hydrogen) atoms. The standard InChI is InChI=1S/C15H26N4OS/c1-4-16-15(17-8-12-6-5-7-14(12)20)19(3)9-13-10-21-11(2)18-13/h10,12,14,20H,4-9H2,1-3H3,(H,16,17). The zero-order chi connectivity index (χ0) is 15.2. The van der Waals surface area contributed by atoms with Gasteiger partial charge >= 0.3 is 0 Å². The van der Waals surface area contributed by atoms with Crippen molar-refractivity contribution in [3.05, 3.63) is 16.1 Å². The van der Waals surface area contributed by atoms with Gasteiger partial charge in [0.1, 0.15) is 0 Å². The minimum Gasteiger partial charge on any atom is -0.393 e. The first-order valence-corrected chi connectivity index (χ1v) is 8.56. The molecule has 2 rings (SSSR count). The van der Waals surface area contributed by atoms with Crippen LogP contribution < -0.4 is 5.32 Å². The number of rotatable bonds is 5. The number of guanidine groups is 1. The van der Waals surface area contributed by atoms with E-state index >= 15 is 0 Å². The molecular formula is C15H26N4OS. The number of aliphatic hydroxyl groups is 1. The van der Waals surface area contributed by atoms with E-state index in [1.54, 1.807) is 11.3 Å². The van der Waals surface area contributed by atoms with Crippen LogP contribution in [-0.4, -0.2) is 47.2 Å². The van der Waals surface area contributed by atoms with Gasteiger partial charge in [-0.15, -0.1) is 11.3 Å². The van der Waals surface area contributed by atoms with Gasteiger partial charge < -0.3 is 15.3 Å². The van der Waals surface area contributed by atoms with E-state index in [0.29, 0.717) is 12.5 Å². The van der Waals surface area contributed by atoms with Crippen LogP contribution in [0.25, 0.3) is 0 Å². The van der Waals surface area contributed by atoms with Gasteiger partial charge in [0.15, 0.2) is 5.96 Å². The second-order valence-electron chi connectivity index (χ2n) is 5.67. The number of aromatic nitrogens is 1. The number of nitrogens with zero attached hydrogens (tertiary/aromatic N) is 3. The summed E-state index contributed by atoms with van der Waals surface area (Å²) in [4.78, 5) is 11.3. The van der Waals surface area contributed by atoms with Crippen molar-refractivity contribution in [3.8, 4) is 0 Å². The molecule has 0 amide bonds. The summed E-state index contributed by atoms with van der Waals surface area (Å²) in [5.41, 5.74) is 1.08. The molecule has 1 heterocycles. The third-order valence-corrected chi connectivity index (χ3v) is 4.68. The predicted octanol–water partition coefficient (Wildman–Crippen LogP) is 2.01. The maximum atomic E-state index is 9.90. The van der Waals surface area contributed by atoms with Gasteiger partial charge in [-0.05, 0) is 26.7 Å². The van der Waals surface area contributed by atoms with Crippen LogP contribution in [0.5, 0.6) is 0 Å². The highest BCUT2D eigenvalue weighted by Gasteiger charge is 2.25. The van der Waals surface area contributed by atoms with Crippen molar-refractivity contribution in [2.24, 2.45) is 10.9 Å². The Balaban J connectivity index is 1.95. The van der Waals surface area contributed by atoms with E-state index in [2.05, 4.69) is 27.5 Å². The van der Waals surface area contributed by atoms with E-state index in [1.165, 1.54) is 0 Å². The highest BCUT2D eigenvalue weighted by molar-refractivity contribution is 7.09. The molecule has 0 radical (unpaired) electrons. The molecule has 2 atom stereocenters. The molecule has 2 N–H and O–H groups in total. The van der Waals surface area contributed by atoms with Gasteiger partial charge in [0.2, 0.25) is 0 Å². The van der Waals surface area contributed by atoms with Crippen LogP contribution in [0.4, 0.5) is 0 Å². The lowest BCUT2D eigenvalue weighted by Crippen LogP contribution is -2.39. The Bertz CT molecular complexity index is 474. The van der Waals surface area contributed by atoms with Crippen LogP contribution in [0, 0.1) is 12.8 Å². The number of aliphatic imine (C=N–C) groups is 1. The maximum Gasteiger partial charge on any atom is 0.194 e. The summed E-state index contributed by atoms with van der Waals surface area (Å²) in [7, 11) is 2.03. The number of aryl methyl sites for hydroxylation is 1. The van der Waals surface area contributed by atoms with Crippen molar-refractivity contribution in [3.63, 3.8) is 0 Å². The fourth-order valence-corrected chi connectivity index (χ4v) is 3.31. The Kier molecular flexibility index (Phi) is 5.99. The first-order chi connectivity index (χ1) is 10.1. The van der Waals surface area contributed by atoms with Crippen molar-refractivity contribution in [2.45, 2.75) is 45.8 Å². The van der Waals surface area contributed by atoms with E-state index < -0.39 is 0 Å². The molecule has 5 nitrogen and oxygen atoms in total. The lowest BCUT2D eigenvalue weighted by Gasteiger charge is -2.22. The van der Waals surface area contributed by atoms with E-state index in [0.717, 1.165) is 49.0 Å². The number of thiazole rings is 1. The highest BCUT2D eigenvalue weighted by Crippen LogP contribution is 2.25. The van der Waals surface area contributed by atoms with Crippen LogP contribution in [0.3, 0.4) is 0 Å². The van der Waals surface area contributed by atoms with Crippen molar-refractivity contribution in [2.75, 3.05) is 20.1 Å². The minimum absolute atomic E-state index is 0.178. The molecule has 1 fully saturated rings. The molecule has 1 aliphatic carbocycles. The quantitative estimate of drug-likeness (QED) is 0.645. The van der Waals surface area contributed by atoms with Crippen LogP contribution >= 0.6 is 11.3 Å². The normalized spacial score (nSPS) is 22.6. The largest absolute Gasteiger partial charge is 0.393 e. The SMILES string of the molecule is CCNC(=NCC1CCCC1O)N(C)Cc1csc(C)n1. The Morgan fingerprint density at radius 2 is 2.38 bits per heavy atom. The topological polar surface area (TPSA) is 60.8 Å². The van der Waals surface area contributed by atoms with Crippen molar-refractivity contribution in [1.82, 2.24) is 15.2 Å². The second kappa shape index (κ2) is 7.75. The molecule has 1 saturated carbocycles.